The number of fused-ring (bicyclic) bond motifs is 1. The summed E-state index contributed by atoms with van der Waals surface area (Å²) in [5.74, 6) is 0.732. The molecule has 0 aliphatic carbocycles. The van der Waals surface area contributed by atoms with Crippen LogP contribution >= 0.6 is 0 Å². The fraction of sp³-hybridized carbons (Fsp3) is 0.231. The second-order valence-electron chi connectivity index (χ2n) is 4.45. The lowest BCUT2D eigenvalue weighted by Gasteiger charge is -2.06. The second-order valence-corrected chi connectivity index (χ2v) is 4.45. The number of aromatic nitrogens is 5. The first-order chi connectivity index (χ1) is 9.85. The molecule has 0 bridgehead atoms. The summed E-state index contributed by atoms with van der Waals surface area (Å²) in [5, 5.41) is 18.6. The number of benzene rings is 1. The third-order valence-corrected chi connectivity index (χ3v) is 3.00. The highest BCUT2D eigenvalue weighted by atomic mass is 15.6. The molecular formula is C13H15N7. The van der Waals surface area contributed by atoms with Crippen molar-refractivity contribution in [2.75, 3.05) is 11.9 Å². The van der Waals surface area contributed by atoms with Crippen LogP contribution in [0.25, 0.3) is 5.65 Å². The number of anilines is 1. The Bertz CT molecular complexity index is 689. The maximum absolute atomic E-state index is 5.53. The molecule has 0 spiro atoms. The van der Waals surface area contributed by atoms with E-state index in [9.17, 15) is 0 Å². The molecule has 0 radical (unpaired) electrons. The first kappa shape index (κ1) is 12.5. The van der Waals surface area contributed by atoms with E-state index in [2.05, 4.69) is 50.2 Å². The van der Waals surface area contributed by atoms with E-state index in [1.54, 1.807) is 0 Å². The summed E-state index contributed by atoms with van der Waals surface area (Å²) in [4.78, 5) is 0. The first-order valence-corrected chi connectivity index (χ1v) is 6.42. The molecule has 3 rings (SSSR count). The maximum atomic E-state index is 5.53. The zero-order valence-corrected chi connectivity index (χ0v) is 10.9. The summed E-state index contributed by atoms with van der Waals surface area (Å²) in [5.41, 5.74) is 8.60. The number of nitrogens with zero attached hydrogens (tertiary/aromatic N) is 5. The fourth-order valence-corrected chi connectivity index (χ4v) is 1.93. The van der Waals surface area contributed by atoms with Crippen molar-refractivity contribution < 1.29 is 0 Å². The number of hydrogen-bond donors (Lipinski definition) is 2. The Morgan fingerprint density at radius 1 is 1.05 bits per heavy atom. The Labute approximate surface area is 115 Å². The van der Waals surface area contributed by atoms with Crippen LogP contribution in [-0.4, -0.2) is 31.8 Å². The van der Waals surface area contributed by atoms with E-state index in [4.69, 9.17) is 5.73 Å². The minimum Gasteiger partial charge on any atom is -0.365 e. The van der Waals surface area contributed by atoms with Crippen LogP contribution in [0, 0.1) is 0 Å². The molecule has 0 fully saturated rings. The highest BCUT2D eigenvalue weighted by Crippen LogP contribution is 2.08. The van der Waals surface area contributed by atoms with E-state index < -0.39 is 0 Å². The first-order valence-electron chi connectivity index (χ1n) is 6.42. The van der Waals surface area contributed by atoms with E-state index >= 15 is 0 Å². The molecule has 1 aromatic carbocycles. The van der Waals surface area contributed by atoms with Gasteiger partial charge in [-0.15, -0.1) is 14.8 Å². The number of nitrogens with two attached hydrogens (primary N) is 1. The molecular weight excluding hydrogens is 254 g/mol. The molecule has 0 saturated heterocycles. The topological polar surface area (TPSA) is 94.0 Å². The van der Waals surface area contributed by atoms with Gasteiger partial charge in [0.1, 0.15) is 5.82 Å². The summed E-state index contributed by atoms with van der Waals surface area (Å²) in [7, 11) is 0. The van der Waals surface area contributed by atoms with Crippen LogP contribution in [0.2, 0.25) is 0 Å². The molecule has 7 nitrogen and oxygen atoms in total. The van der Waals surface area contributed by atoms with Crippen LogP contribution in [0.3, 0.4) is 0 Å². The Kier molecular flexibility index (Phi) is 3.51. The summed E-state index contributed by atoms with van der Waals surface area (Å²) < 4.78 is 1.40. The summed E-state index contributed by atoms with van der Waals surface area (Å²) >= 11 is 0. The van der Waals surface area contributed by atoms with Crippen molar-refractivity contribution >= 4 is 11.5 Å². The van der Waals surface area contributed by atoms with Gasteiger partial charge in [-0.1, -0.05) is 24.3 Å². The van der Waals surface area contributed by atoms with Gasteiger partial charge in [0.25, 0.3) is 0 Å². The van der Waals surface area contributed by atoms with Crippen molar-refractivity contribution in [1.82, 2.24) is 25.3 Å². The Morgan fingerprint density at radius 2 is 1.85 bits per heavy atom. The largest absolute Gasteiger partial charge is 0.365 e. The zero-order chi connectivity index (χ0) is 13.8. The molecule has 0 aliphatic rings. The molecule has 2 heterocycles. The SMILES string of the molecule is NCCc1ccc(CNc2ccc3nnnn3n2)cc1. The summed E-state index contributed by atoms with van der Waals surface area (Å²) in [6, 6.07) is 12.1. The smallest absolute Gasteiger partial charge is 0.200 e. The van der Waals surface area contributed by atoms with Crippen LogP contribution in [0.1, 0.15) is 11.1 Å². The molecule has 102 valence electrons. The van der Waals surface area contributed by atoms with E-state index in [1.807, 2.05) is 12.1 Å². The molecule has 0 amide bonds. The van der Waals surface area contributed by atoms with Crippen LogP contribution in [0.4, 0.5) is 5.82 Å². The monoisotopic (exact) mass is 269 g/mol. The molecule has 0 atom stereocenters. The van der Waals surface area contributed by atoms with Crippen molar-refractivity contribution in [3.05, 3.63) is 47.5 Å². The van der Waals surface area contributed by atoms with E-state index in [1.165, 1.54) is 15.8 Å². The lowest BCUT2D eigenvalue weighted by molar-refractivity contribution is 0.734. The maximum Gasteiger partial charge on any atom is 0.200 e. The molecule has 0 unspecified atom stereocenters. The minimum absolute atomic E-state index is 0.627. The van der Waals surface area contributed by atoms with Crippen LogP contribution < -0.4 is 11.1 Å². The highest BCUT2D eigenvalue weighted by Gasteiger charge is 2.00. The van der Waals surface area contributed by atoms with Crippen molar-refractivity contribution in [2.45, 2.75) is 13.0 Å². The Morgan fingerprint density at radius 3 is 2.65 bits per heavy atom. The fourth-order valence-electron chi connectivity index (χ4n) is 1.93. The lowest BCUT2D eigenvalue weighted by atomic mass is 10.1. The highest BCUT2D eigenvalue weighted by molar-refractivity contribution is 5.42. The van der Waals surface area contributed by atoms with E-state index in [-0.39, 0.29) is 0 Å². The minimum atomic E-state index is 0.627. The van der Waals surface area contributed by atoms with Crippen LogP contribution in [-0.2, 0) is 13.0 Å². The third-order valence-electron chi connectivity index (χ3n) is 3.00. The van der Waals surface area contributed by atoms with Gasteiger partial charge in [0.05, 0.1) is 0 Å². The third kappa shape index (κ3) is 2.72. The van der Waals surface area contributed by atoms with Gasteiger partial charge < -0.3 is 11.1 Å². The van der Waals surface area contributed by atoms with Gasteiger partial charge in [0.2, 0.25) is 0 Å². The predicted octanol–water partition coefficient (Wildman–Crippen LogP) is 0.633. The molecule has 7 heteroatoms. The van der Waals surface area contributed by atoms with Gasteiger partial charge in [-0.2, -0.15) is 0 Å². The van der Waals surface area contributed by atoms with Crippen LogP contribution in [0.15, 0.2) is 36.4 Å². The van der Waals surface area contributed by atoms with E-state index in [0.29, 0.717) is 18.7 Å². The molecule has 20 heavy (non-hydrogen) atoms. The van der Waals surface area contributed by atoms with Gasteiger partial charge in [-0.05, 0) is 46.7 Å². The number of hydrogen-bond acceptors (Lipinski definition) is 6. The van der Waals surface area contributed by atoms with Gasteiger partial charge in [-0.25, -0.2) is 0 Å². The number of tetrazole rings is 1. The van der Waals surface area contributed by atoms with Crippen molar-refractivity contribution in [1.29, 1.82) is 0 Å². The Hall–Kier alpha value is -2.54. The van der Waals surface area contributed by atoms with E-state index in [0.717, 1.165) is 12.2 Å². The summed E-state index contributed by atoms with van der Waals surface area (Å²) in [6.45, 7) is 1.37. The average molecular weight is 269 g/mol. The predicted molar refractivity (Wildman–Crippen MR) is 75.1 cm³/mol. The van der Waals surface area contributed by atoms with Crippen molar-refractivity contribution in [3.8, 4) is 0 Å². The van der Waals surface area contributed by atoms with Crippen molar-refractivity contribution in [3.63, 3.8) is 0 Å². The van der Waals surface area contributed by atoms with Gasteiger partial charge >= 0.3 is 0 Å². The molecule has 2 aromatic heterocycles. The van der Waals surface area contributed by atoms with Gasteiger partial charge in [0.15, 0.2) is 5.65 Å². The quantitative estimate of drug-likeness (QED) is 0.705. The second kappa shape index (κ2) is 5.62. The number of rotatable bonds is 5. The van der Waals surface area contributed by atoms with Gasteiger partial charge in [0, 0.05) is 6.54 Å². The van der Waals surface area contributed by atoms with Crippen LogP contribution in [0.5, 0.6) is 0 Å². The average Bonchev–Trinajstić information content (AvgIpc) is 2.94. The Balaban J connectivity index is 1.66. The lowest BCUT2D eigenvalue weighted by Crippen LogP contribution is -2.05. The summed E-state index contributed by atoms with van der Waals surface area (Å²) in [6.07, 6.45) is 0.908. The molecule has 3 aromatic rings. The van der Waals surface area contributed by atoms with Gasteiger partial charge in [-0.3, -0.25) is 0 Å². The molecule has 3 N–H and O–H groups in total. The standard InChI is InChI=1S/C13H15N7/c14-8-7-10-1-3-11(4-2-10)9-15-12-5-6-13-16-18-19-20(13)17-12/h1-6H,7-9,14H2,(H,15,17). The zero-order valence-electron chi connectivity index (χ0n) is 10.9. The number of nitrogens with one attached hydrogen (secondary N) is 1. The molecule has 0 aliphatic heterocycles. The normalized spacial score (nSPS) is 10.8. The van der Waals surface area contributed by atoms with Crippen molar-refractivity contribution in [2.24, 2.45) is 5.73 Å². The molecule has 0 saturated carbocycles.